The molecule has 2 rings (SSSR count). The smallest absolute Gasteiger partial charge is 0.311 e. The third kappa shape index (κ3) is 1.83. The maximum atomic E-state index is 11.4. The Hall–Kier alpha value is -1.35. The number of carboxylic acid groups (broad SMARTS) is 1. The Morgan fingerprint density at radius 2 is 2.12 bits per heavy atom. The van der Waals surface area contributed by atoms with Crippen LogP contribution in [0.4, 0.5) is 0 Å². The third-order valence-electron chi connectivity index (χ3n) is 3.56. The summed E-state index contributed by atoms with van der Waals surface area (Å²) >= 11 is 0. The van der Waals surface area contributed by atoms with Crippen molar-refractivity contribution in [2.24, 2.45) is 5.41 Å². The number of piperidine rings is 1. The minimum absolute atomic E-state index is 0.104. The molecule has 0 saturated carbocycles. The highest BCUT2D eigenvalue weighted by molar-refractivity contribution is 5.76. The lowest BCUT2D eigenvalue weighted by Crippen LogP contribution is -2.48. The largest absolute Gasteiger partial charge is 0.481 e. The first-order chi connectivity index (χ1) is 7.64. The van der Waals surface area contributed by atoms with Gasteiger partial charge in [-0.1, -0.05) is 30.3 Å². The summed E-state index contributed by atoms with van der Waals surface area (Å²) in [6.45, 7) is 3.27. The number of aliphatic carboxylic acids is 1. The zero-order valence-corrected chi connectivity index (χ0v) is 9.44. The number of hydrogen-bond acceptors (Lipinski definition) is 2. The first-order valence-electron chi connectivity index (χ1n) is 5.63. The van der Waals surface area contributed by atoms with E-state index in [-0.39, 0.29) is 5.92 Å². The van der Waals surface area contributed by atoms with E-state index in [1.165, 1.54) is 0 Å². The Morgan fingerprint density at radius 3 is 2.75 bits per heavy atom. The molecule has 1 aromatic rings. The first kappa shape index (κ1) is 11.1. The van der Waals surface area contributed by atoms with Gasteiger partial charge in [-0.3, -0.25) is 4.79 Å². The van der Waals surface area contributed by atoms with Crippen LogP contribution in [0.2, 0.25) is 0 Å². The predicted molar refractivity (Wildman–Crippen MR) is 62.4 cm³/mol. The molecule has 0 amide bonds. The van der Waals surface area contributed by atoms with Gasteiger partial charge in [0.05, 0.1) is 5.41 Å². The van der Waals surface area contributed by atoms with Crippen molar-refractivity contribution in [1.29, 1.82) is 0 Å². The number of carbonyl (C=O) groups is 1. The van der Waals surface area contributed by atoms with E-state index in [2.05, 4.69) is 5.32 Å². The molecule has 3 heteroatoms. The zero-order chi connectivity index (χ0) is 11.6. The molecule has 86 valence electrons. The SMILES string of the molecule is CC1(C(=O)O)CNCCC1c1ccccc1. The fraction of sp³-hybridized carbons (Fsp3) is 0.462. The molecule has 3 nitrogen and oxygen atoms in total. The average molecular weight is 219 g/mol. The second kappa shape index (κ2) is 4.26. The number of rotatable bonds is 2. The lowest BCUT2D eigenvalue weighted by atomic mass is 9.70. The molecule has 1 aromatic carbocycles. The Kier molecular flexibility index (Phi) is 2.97. The van der Waals surface area contributed by atoms with Gasteiger partial charge in [0.2, 0.25) is 0 Å². The van der Waals surface area contributed by atoms with E-state index in [4.69, 9.17) is 0 Å². The van der Waals surface area contributed by atoms with Gasteiger partial charge in [-0.05, 0) is 25.5 Å². The maximum Gasteiger partial charge on any atom is 0.311 e. The molecular formula is C13H17NO2. The van der Waals surface area contributed by atoms with E-state index in [9.17, 15) is 9.90 Å². The average Bonchev–Trinajstić information content (AvgIpc) is 2.30. The summed E-state index contributed by atoms with van der Waals surface area (Å²) in [5, 5.41) is 12.6. The normalized spacial score (nSPS) is 29.9. The van der Waals surface area contributed by atoms with E-state index in [1.54, 1.807) is 0 Å². The maximum absolute atomic E-state index is 11.4. The van der Waals surface area contributed by atoms with Crippen molar-refractivity contribution in [2.75, 3.05) is 13.1 Å². The molecule has 0 spiro atoms. The number of carboxylic acids is 1. The van der Waals surface area contributed by atoms with Crippen molar-refractivity contribution >= 4 is 5.97 Å². The van der Waals surface area contributed by atoms with Gasteiger partial charge in [0.1, 0.15) is 0 Å². The van der Waals surface area contributed by atoms with Crippen LogP contribution in [-0.2, 0) is 4.79 Å². The van der Waals surface area contributed by atoms with Crippen LogP contribution in [-0.4, -0.2) is 24.2 Å². The Bertz CT molecular complexity index is 377. The summed E-state index contributed by atoms with van der Waals surface area (Å²) < 4.78 is 0. The molecular weight excluding hydrogens is 202 g/mol. The molecule has 1 heterocycles. The molecule has 0 bridgehead atoms. The molecule has 1 aliphatic heterocycles. The molecule has 1 fully saturated rings. The van der Waals surface area contributed by atoms with Crippen molar-refractivity contribution in [2.45, 2.75) is 19.3 Å². The third-order valence-corrected chi connectivity index (χ3v) is 3.56. The molecule has 1 saturated heterocycles. The first-order valence-corrected chi connectivity index (χ1v) is 5.63. The summed E-state index contributed by atoms with van der Waals surface area (Å²) in [6.07, 6.45) is 0.882. The van der Waals surface area contributed by atoms with Gasteiger partial charge < -0.3 is 10.4 Å². The second-order valence-corrected chi connectivity index (χ2v) is 4.65. The fourth-order valence-electron chi connectivity index (χ4n) is 2.48. The molecule has 0 radical (unpaired) electrons. The highest BCUT2D eigenvalue weighted by Crippen LogP contribution is 2.40. The van der Waals surface area contributed by atoms with Crippen LogP contribution in [0.15, 0.2) is 30.3 Å². The highest BCUT2D eigenvalue weighted by atomic mass is 16.4. The lowest BCUT2D eigenvalue weighted by molar-refractivity contribution is -0.150. The molecule has 2 atom stereocenters. The molecule has 0 aliphatic carbocycles. The van der Waals surface area contributed by atoms with Crippen LogP contribution in [0.1, 0.15) is 24.8 Å². The van der Waals surface area contributed by atoms with Crippen molar-refractivity contribution < 1.29 is 9.90 Å². The highest BCUT2D eigenvalue weighted by Gasteiger charge is 2.43. The van der Waals surface area contributed by atoms with Crippen LogP contribution >= 0.6 is 0 Å². The Balaban J connectivity index is 2.34. The van der Waals surface area contributed by atoms with E-state index in [0.29, 0.717) is 6.54 Å². The van der Waals surface area contributed by atoms with E-state index < -0.39 is 11.4 Å². The Labute approximate surface area is 95.5 Å². The van der Waals surface area contributed by atoms with Gasteiger partial charge in [-0.15, -0.1) is 0 Å². The van der Waals surface area contributed by atoms with Crippen LogP contribution < -0.4 is 5.32 Å². The van der Waals surface area contributed by atoms with E-state index in [0.717, 1.165) is 18.5 Å². The minimum Gasteiger partial charge on any atom is -0.481 e. The minimum atomic E-state index is -0.714. The van der Waals surface area contributed by atoms with Gasteiger partial charge in [-0.2, -0.15) is 0 Å². The van der Waals surface area contributed by atoms with Gasteiger partial charge >= 0.3 is 5.97 Å². The number of nitrogens with one attached hydrogen (secondary N) is 1. The Morgan fingerprint density at radius 1 is 1.44 bits per heavy atom. The van der Waals surface area contributed by atoms with Gasteiger partial charge in [0.25, 0.3) is 0 Å². The molecule has 2 N–H and O–H groups in total. The van der Waals surface area contributed by atoms with Crippen LogP contribution in [0.3, 0.4) is 0 Å². The topological polar surface area (TPSA) is 49.3 Å². The quantitative estimate of drug-likeness (QED) is 0.798. The van der Waals surface area contributed by atoms with Gasteiger partial charge in [0.15, 0.2) is 0 Å². The molecule has 2 unspecified atom stereocenters. The molecule has 1 aliphatic rings. The van der Waals surface area contributed by atoms with Crippen molar-refractivity contribution in [3.05, 3.63) is 35.9 Å². The predicted octanol–water partition coefficient (Wildman–Crippen LogP) is 1.85. The second-order valence-electron chi connectivity index (χ2n) is 4.65. The van der Waals surface area contributed by atoms with Crippen molar-refractivity contribution in [1.82, 2.24) is 5.32 Å². The van der Waals surface area contributed by atoms with Crippen molar-refractivity contribution in [3.63, 3.8) is 0 Å². The summed E-state index contributed by atoms with van der Waals surface area (Å²) in [5.74, 6) is -0.610. The van der Waals surface area contributed by atoms with E-state index in [1.807, 2.05) is 37.3 Å². The van der Waals surface area contributed by atoms with Crippen LogP contribution in [0.25, 0.3) is 0 Å². The van der Waals surface area contributed by atoms with Crippen molar-refractivity contribution in [3.8, 4) is 0 Å². The number of hydrogen-bond donors (Lipinski definition) is 2. The summed E-state index contributed by atoms with van der Waals surface area (Å²) in [7, 11) is 0. The standard InChI is InChI=1S/C13H17NO2/c1-13(12(15)16)9-14-8-7-11(13)10-5-3-2-4-6-10/h2-6,11,14H,7-9H2,1H3,(H,15,16). The van der Waals surface area contributed by atoms with Crippen LogP contribution in [0, 0.1) is 5.41 Å². The van der Waals surface area contributed by atoms with Crippen LogP contribution in [0.5, 0.6) is 0 Å². The zero-order valence-electron chi connectivity index (χ0n) is 9.44. The summed E-state index contributed by atoms with van der Waals surface area (Å²) in [4.78, 5) is 11.4. The summed E-state index contributed by atoms with van der Waals surface area (Å²) in [5.41, 5.74) is 0.438. The van der Waals surface area contributed by atoms with Gasteiger partial charge in [0, 0.05) is 12.5 Å². The number of benzene rings is 1. The molecule has 16 heavy (non-hydrogen) atoms. The van der Waals surface area contributed by atoms with Gasteiger partial charge in [-0.25, -0.2) is 0 Å². The lowest BCUT2D eigenvalue weighted by Gasteiger charge is -2.38. The molecule has 0 aromatic heterocycles. The monoisotopic (exact) mass is 219 g/mol. The fourth-order valence-corrected chi connectivity index (χ4v) is 2.48. The van der Waals surface area contributed by atoms with E-state index >= 15 is 0 Å². The summed E-state index contributed by atoms with van der Waals surface area (Å²) in [6, 6.07) is 9.95.